The molecular formula is C20H39N3O2. The first-order valence-corrected chi connectivity index (χ1v) is 10.6. The minimum Gasteiger partial charge on any atom is -0.379 e. The van der Waals surface area contributed by atoms with Gasteiger partial charge in [0, 0.05) is 38.3 Å². The molecule has 0 aromatic heterocycles. The van der Waals surface area contributed by atoms with Crippen LogP contribution >= 0.6 is 0 Å². The maximum absolute atomic E-state index is 5.51. The van der Waals surface area contributed by atoms with Crippen LogP contribution in [0, 0.1) is 0 Å². The van der Waals surface area contributed by atoms with E-state index in [0.29, 0.717) is 5.54 Å². The highest BCUT2D eigenvalue weighted by atomic mass is 16.5. The highest BCUT2D eigenvalue weighted by molar-refractivity contribution is 4.89. The average molecular weight is 354 g/mol. The summed E-state index contributed by atoms with van der Waals surface area (Å²) in [4.78, 5) is 8.01. The van der Waals surface area contributed by atoms with Gasteiger partial charge in [-0.3, -0.25) is 14.7 Å². The fraction of sp³-hybridized carbons (Fsp3) is 1.00. The first-order chi connectivity index (χ1) is 12.3. The van der Waals surface area contributed by atoms with Gasteiger partial charge in [0.05, 0.1) is 26.4 Å². The monoisotopic (exact) mass is 353 g/mol. The maximum atomic E-state index is 5.51. The maximum Gasteiger partial charge on any atom is 0.0594 e. The molecule has 0 radical (unpaired) electrons. The summed E-state index contributed by atoms with van der Waals surface area (Å²) in [5.74, 6) is 0. The van der Waals surface area contributed by atoms with Gasteiger partial charge in [-0.15, -0.1) is 0 Å². The second kappa shape index (κ2) is 10.2. The summed E-state index contributed by atoms with van der Waals surface area (Å²) in [5.41, 5.74) is 0.366. The topological polar surface area (TPSA) is 28.2 Å². The van der Waals surface area contributed by atoms with Crippen LogP contribution in [0.2, 0.25) is 0 Å². The molecule has 0 amide bonds. The number of morpholine rings is 2. The number of nitrogens with zero attached hydrogens (tertiary/aromatic N) is 3. The fourth-order valence-electron chi connectivity index (χ4n) is 4.61. The Labute approximate surface area is 154 Å². The lowest BCUT2D eigenvalue weighted by atomic mass is 9.87. The molecule has 0 aromatic carbocycles. The van der Waals surface area contributed by atoms with Crippen LogP contribution in [0.3, 0.4) is 0 Å². The Hall–Kier alpha value is -0.200. The molecule has 3 rings (SSSR count). The largest absolute Gasteiger partial charge is 0.379 e. The minimum absolute atomic E-state index is 0.366. The van der Waals surface area contributed by atoms with Crippen molar-refractivity contribution in [1.82, 2.24) is 14.7 Å². The number of piperidine rings is 1. The summed E-state index contributed by atoms with van der Waals surface area (Å²) in [7, 11) is 0. The Bertz CT molecular complexity index is 364. The average Bonchev–Trinajstić information content (AvgIpc) is 2.69. The molecule has 25 heavy (non-hydrogen) atoms. The lowest BCUT2D eigenvalue weighted by Gasteiger charge is -2.45. The van der Waals surface area contributed by atoms with E-state index in [1.54, 1.807) is 0 Å². The molecule has 3 heterocycles. The molecule has 0 aliphatic carbocycles. The van der Waals surface area contributed by atoms with Gasteiger partial charge in [-0.1, -0.05) is 6.42 Å². The van der Waals surface area contributed by atoms with Crippen molar-refractivity contribution in [2.75, 3.05) is 78.8 Å². The predicted octanol–water partition coefficient (Wildman–Crippen LogP) is 2.07. The van der Waals surface area contributed by atoms with Crippen molar-refractivity contribution >= 4 is 0 Å². The van der Waals surface area contributed by atoms with E-state index in [2.05, 4.69) is 21.6 Å². The van der Waals surface area contributed by atoms with E-state index in [-0.39, 0.29) is 0 Å². The molecule has 3 saturated heterocycles. The highest BCUT2D eigenvalue weighted by Crippen LogP contribution is 2.29. The van der Waals surface area contributed by atoms with Gasteiger partial charge in [0.15, 0.2) is 0 Å². The third-order valence-electron chi connectivity index (χ3n) is 6.48. The lowest BCUT2D eigenvalue weighted by Crippen LogP contribution is -2.51. The van der Waals surface area contributed by atoms with Gasteiger partial charge < -0.3 is 9.47 Å². The summed E-state index contributed by atoms with van der Waals surface area (Å²) in [5, 5.41) is 0. The molecule has 1 unspecified atom stereocenters. The van der Waals surface area contributed by atoms with Crippen molar-refractivity contribution in [2.45, 2.75) is 51.0 Å². The normalized spacial score (nSPS) is 27.2. The zero-order valence-electron chi connectivity index (χ0n) is 16.4. The standard InChI is InChI=1S/C20H39N3O2/c1-20(23-9-3-2-4-10-23,7-11-22-14-18-25-19-15-22)6-5-8-21-12-16-24-17-13-21/h2-19H2,1H3. The Morgan fingerprint density at radius 2 is 1.24 bits per heavy atom. The number of ether oxygens (including phenoxy) is 2. The number of hydrogen-bond acceptors (Lipinski definition) is 5. The van der Waals surface area contributed by atoms with E-state index in [1.807, 2.05) is 0 Å². The highest BCUT2D eigenvalue weighted by Gasteiger charge is 2.32. The van der Waals surface area contributed by atoms with E-state index in [0.717, 1.165) is 52.6 Å². The first kappa shape index (κ1) is 19.6. The van der Waals surface area contributed by atoms with Gasteiger partial charge in [-0.2, -0.15) is 0 Å². The van der Waals surface area contributed by atoms with Gasteiger partial charge >= 0.3 is 0 Å². The van der Waals surface area contributed by atoms with Crippen molar-refractivity contribution in [1.29, 1.82) is 0 Å². The second-order valence-corrected chi connectivity index (χ2v) is 8.31. The summed E-state index contributed by atoms with van der Waals surface area (Å²) < 4.78 is 11.0. The van der Waals surface area contributed by atoms with E-state index >= 15 is 0 Å². The second-order valence-electron chi connectivity index (χ2n) is 8.31. The molecule has 0 bridgehead atoms. The molecule has 146 valence electrons. The zero-order valence-corrected chi connectivity index (χ0v) is 16.4. The molecule has 1 atom stereocenters. The van der Waals surface area contributed by atoms with E-state index < -0.39 is 0 Å². The fourth-order valence-corrected chi connectivity index (χ4v) is 4.61. The molecule has 5 nitrogen and oxygen atoms in total. The van der Waals surface area contributed by atoms with Crippen LogP contribution in [0.4, 0.5) is 0 Å². The van der Waals surface area contributed by atoms with Crippen molar-refractivity contribution < 1.29 is 9.47 Å². The first-order valence-electron chi connectivity index (χ1n) is 10.6. The van der Waals surface area contributed by atoms with Crippen molar-refractivity contribution in [3.63, 3.8) is 0 Å². The number of likely N-dealkylation sites (tertiary alicyclic amines) is 1. The van der Waals surface area contributed by atoms with Gasteiger partial charge in [0.25, 0.3) is 0 Å². The Balaban J connectivity index is 1.49. The van der Waals surface area contributed by atoms with E-state index in [4.69, 9.17) is 9.47 Å². The zero-order chi connectivity index (χ0) is 17.4. The van der Waals surface area contributed by atoms with Gasteiger partial charge in [0.1, 0.15) is 0 Å². The number of rotatable bonds is 8. The molecule has 5 heteroatoms. The van der Waals surface area contributed by atoms with Gasteiger partial charge in [-0.05, 0) is 58.7 Å². The molecular weight excluding hydrogens is 314 g/mol. The summed E-state index contributed by atoms with van der Waals surface area (Å²) >= 11 is 0. The summed E-state index contributed by atoms with van der Waals surface area (Å²) in [6.07, 6.45) is 8.14. The quantitative estimate of drug-likeness (QED) is 0.666. The van der Waals surface area contributed by atoms with Crippen LogP contribution in [-0.2, 0) is 9.47 Å². The Kier molecular flexibility index (Phi) is 7.99. The molecule has 0 spiro atoms. The minimum atomic E-state index is 0.366. The Morgan fingerprint density at radius 3 is 1.84 bits per heavy atom. The molecule has 0 saturated carbocycles. The van der Waals surface area contributed by atoms with Crippen LogP contribution < -0.4 is 0 Å². The van der Waals surface area contributed by atoms with Gasteiger partial charge in [0.2, 0.25) is 0 Å². The summed E-state index contributed by atoms with van der Waals surface area (Å²) in [6.45, 7) is 15.7. The molecule has 0 N–H and O–H groups in total. The lowest BCUT2D eigenvalue weighted by molar-refractivity contribution is 0.0121. The van der Waals surface area contributed by atoms with E-state index in [9.17, 15) is 0 Å². The van der Waals surface area contributed by atoms with Crippen LogP contribution in [0.15, 0.2) is 0 Å². The molecule has 3 fully saturated rings. The van der Waals surface area contributed by atoms with E-state index in [1.165, 1.54) is 64.7 Å². The number of hydrogen-bond donors (Lipinski definition) is 0. The van der Waals surface area contributed by atoms with Gasteiger partial charge in [-0.25, -0.2) is 0 Å². The third kappa shape index (κ3) is 6.17. The summed E-state index contributed by atoms with van der Waals surface area (Å²) in [6, 6.07) is 0. The van der Waals surface area contributed by atoms with Crippen LogP contribution in [0.25, 0.3) is 0 Å². The molecule has 0 aromatic rings. The van der Waals surface area contributed by atoms with Crippen molar-refractivity contribution in [3.05, 3.63) is 0 Å². The smallest absolute Gasteiger partial charge is 0.0594 e. The third-order valence-corrected chi connectivity index (χ3v) is 6.48. The molecule has 3 aliphatic heterocycles. The van der Waals surface area contributed by atoms with Crippen LogP contribution in [-0.4, -0.2) is 99.0 Å². The van der Waals surface area contributed by atoms with Crippen molar-refractivity contribution in [2.24, 2.45) is 0 Å². The predicted molar refractivity (Wildman–Crippen MR) is 102 cm³/mol. The Morgan fingerprint density at radius 1 is 0.680 bits per heavy atom. The van der Waals surface area contributed by atoms with Crippen LogP contribution in [0.5, 0.6) is 0 Å². The SMILES string of the molecule is CC(CCCN1CCOCC1)(CCN1CCOCC1)N1CCCCC1. The van der Waals surface area contributed by atoms with Crippen LogP contribution in [0.1, 0.15) is 45.4 Å². The molecule has 3 aliphatic rings. The van der Waals surface area contributed by atoms with Crippen molar-refractivity contribution in [3.8, 4) is 0 Å².